The molecule has 2 aliphatic rings. The van der Waals surface area contributed by atoms with Crippen LogP contribution < -0.4 is 0 Å². The maximum Gasteiger partial charge on any atom is 0.0492 e. The van der Waals surface area contributed by atoms with Gasteiger partial charge in [0.2, 0.25) is 0 Å². The standard InChI is InChI=1S/C15H25N3S/c1-2-18-13(7-9-16-18)8-10-17-11-12-19-15-6-4-3-5-14(15)17/h7,9,14-15H,2-6,8,10-12H2,1H3/t14-,15+/m1/s1. The maximum absolute atomic E-state index is 4.37. The highest BCUT2D eigenvalue weighted by Gasteiger charge is 2.33. The molecule has 2 atom stereocenters. The lowest BCUT2D eigenvalue weighted by molar-refractivity contribution is 0.164. The van der Waals surface area contributed by atoms with E-state index in [-0.39, 0.29) is 0 Å². The van der Waals surface area contributed by atoms with E-state index in [4.69, 9.17) is 0 Å². The third-order valence-electron chi connectivity index (χ3n) is 4.61. The van der Waals surface area contributed by atoms with E-state index in [2.05, 4.69) is 39.4 Å². The van der Waals surface area contributed by atoms with Crippen molar-refractivity contribution in [1.29, 1.82) is 0 Å². The van der Waals surface area contributed by atoms with Crippen molar-refractivity contribution in [2.75, 3.05) is 18.8 Å². The molecule has 106 valence electrons. The number of aryl methyl sites for hydroxylation is 1. The Morgan fingerprint density at radius 1 is 1.37 bits per heavy atom. The first-order chi connectivity index (χ1) is 9.38. The third kappa shape index (κ3) is 3.00. The second-order valence-corrected chi connectivity index (χ2v) is 7.03. The summed E-state index contributed by atoms with van der Waals surface area (Å²) < 4.78 is 2.14. The minimum Gasteiger partial charge on any atom is -0.298 e. The average Bonchev–Trinajstić information content (AvgIpc) is 2.92. The molecule has 0 bridgehead atoms. The fourth-order valence-corrected chi connectivity index (χ4v) is 5.08. The summed E-state index contributed by atoms with van der Waals surface area (Å²) in [6.45, 7) is 5.66. The Kier molecular flexibility index (Phi) is 4.49. The van der Waals surface area contributed by atoms with Gasteiger partial charge in [-0.2, -0.15) is 16.9 Å². The largest absolute Gasteiger partial charge is 0.298 e. The zero-order valence-electron chi connectivity index (χ0n) is 11.9. The van der Waals surface area contributed by atoms with Crippen LogP contribution in [-0.2, 0) is 13.0 Å². The topological polar surface area (TPSA) is 21.1 Å². The average molecular weight is 279 g/mol. The summed E-state index contributed by atoms with van der Waals surface area (Å²) in [5.41, 5.74) is 1.40. The van der Waals surface area contributed by atoms with Crippen molar-refractivity contribution in [2.45, 2.75) is 56.9 Å². The molecule has 1 aromatic rings. The molecule has 1 aliphatic heterocycles. The highest BCUT2D eigenvalue weighted by atomic mass is 32.2. The SMILES string of the molecule is CCn1nccc1CCN1CCS[C@H]2CCCC[C@H]21. The maximum atomic E-state index is 4.37. The second kappa shape index (κ2) is 6.31. The van der Waals surface area contributed by atoms with Gasteiger partial charge < -0.3 is 0 Å². The molecule has 0 radical (unpaired) electrons. The number of hydrogen-bond donors (Lipinski definition) is 0. The van der Waals surface area contributed by atoms with Crippen LogP contribution in [-0.4, -0.2) is 44.8 Å². The lowest BCUT2D eigenvalue weighted by Gasteiger charge is -2.43. The molecule has 0 aromatic carbocycles. The monoisotopic (exact) mass is 279 g/mol. The van der Waals surface area contributed by atoms with E-state index in [0.717, 1.165) is 24.3 Å². The second-order valence-electron chi connectivity index (χ2n) is 5.69. The molecule has 0 N–H and O–H groups in total. The molecule has 1 saturated carbocycles. The van der Waals surface area contributed by atoms with Crippen LogP contribution in [0.3, 0.4) is 0 Å². The highest BCUT2D eigenvalue weighted by Crippen LogP contribution is 2.35. The predicted molar refractivity (Wildman–Crippen MR) is 81.7 cm³/mol. The fourth-order valence-electron chi connectivity index (χ4n) is 3.57. The molecule has 1 saturated heterocycles. The summed E-state index contributed by atoms with van der Waals surface area (Å²) in [6.07, 6.45) is 8.84. The van der Waals surface area contributed by atoms with Crippen molar-refractivity contribution in [3.05, 3.63) is 18.0 Å². The molecule has 1 aromatic heterocycles. The van der Waals surface area contributed by atoms with Crippen LogP contribution in [0.2, 0.25) is 0 Å². The van der Waals surface area contributed by atoms with Crippen molar-refractivity contribution in [3.8, 4) is 0 Å². The van der Waals surface area contributed by atoms with Crippen LogP contribution in [0.5, 0.6) is 0 Å². The lowest BCUT2D eigenvalue weighted by atomic mass is 9.93. The summed E-state index contributed by atoms with van der Waals surface area (Å²) >= 11 is 2.22. The van der Waals surface area contributed by atoms with Crippen LogP contribution in [0, 0.1) is 0 Å². The van der Waals surface area contributed by atoms with Gasteiger partial charge in [-0.05, 0) is 25.8 Å². The van der Waals surface area contributed by atoms with E-state index in [9.17, 15) is 0 Å². The summed E-state index contributed by atoms with van der Waals surface area (Å²) in [5, 5.41) is 5.29. The molecular formula is C15H25N3S. The molecule has 3 nitrogen and oxygen atoms in total. The predicted octanol–water partition coefficient (Wildman–Crippen LogP) is 2.81. The van der Waals surface area contributed by atoms with Crippen molar-refractivity contribution < 1.29 is 0 Å². The third-order valence-corrected chi connectivity index (χ3v) is 6.00. The van der Waals surface area contributed by atoms with E-state index in [1.54, 1.807) is 0 Å². The van der Waals surface area contributed by atoms with Gasteiger partial charge in [0.05, 0.1) is 0 Å². The van der Waals surface area contributed by atoms with Crippen LogP contribution in [0.1, 0.15) is 38.3 Å². The van der Waals surface area contributed by atoms with Gasteiger partial charge in [0.25, 0.3) is 0 Å². The van der Waals surface area contributed by atoms with E-state index in [0.29, 0.717) is 0 Å². The first kappa shape index (κ1) is 13.5. The molecule has 1 aliphatic carbocycles. The van der Waals surface area contributed by atoms with Crippen LogP contribution in [0.4, 0.5) is 0 Å². The van der Waals surface area contributed by atoms with E-state index >= 15 is 0 Å². The minimum atomic E-state index is 0.852. The first-order valence-electron chi connectivity index (χ1n) is 7.75. The van der Waals surface area contributed by atoms with Crippen molar-refractivity contribution in [3.63, 3.8) is 0 Å². The molecular weight excluding hydrogens is 254 g/mol. The molecule has 3 rings (SSSR count). The summed E-state index contributed by atoms with van der Waals surface area (Å²) in [4.78, 5) is 2.76. The van der Waals surface area contributed by atoms with E-state index in [1.807, 2.05) is 6.20 Å². The zero-order valence-corrected chi connectivity index (χ0v) is 12.7. The van der Waals surface area contributed by atoms with Crippen LogP contribution in [0.25, 0.3) is 0 Å². The Balaban J connectivity index is 1.59. The van der Waals surface area contributed by atoms with Gasteiger partial charge in [-0.1, -0.05) is 12.8 Å². The van der Waals surface area contributed by atoms with Gasteiger partial charge in [-0.3, -0.25) is 9.58 Å². The minimum absolute atomic E-state index is 0.852. The van der Waals surface area contributed by atoms with Gasteiger partial charge in [-0.25, -0.2) is 0 Å². The number of nitrogens with zero attached hydrogens (tertiary/aromatic N) is 3. The summed E-state index contributed by atoms with van der Waals surface area (Å²) in [5.74, 6) is 1.33. The number of hydrogen-bond acceptors (Lipinski definition) is 3. The number of thioether (sulfide) groups is 1. The highest BCUT2D eigenvalue weighted by molar-refractivity contribution is 8.00. The molecule has 2 fully saturated rings. The molecule has 4 heteroatoms. The molecule has 0 amide bonds. The number of aromatic nitrogens is 2. The van der Waals surface area contributed by atoms with Crippen molar-refractivity contribution in [1.82, 2.24) is 14.7 Å². The van der Waals surface area contributed by atoms with Crippen LogP contribution >= 0.6 is 11.8 Å². The molecule has 19 heavy (non-hydrogen) atoms. The smallest absolute Gasteiger partial charge is 0.0492 e. The Bertz CT molecular complexity index is 402. The Morgan fingerprint density at radius 3 is 3.16 bits per heavy atom. The Morgan fingerprint density at radius 2 is 2.26 bits per heavy atom. The fraction of sp³-hybridized carbons (Fsp3) is 0.800. The Labute approximate surface area is 120 Å². The van der Waals surface area contributed by atoms with Crippen LogP contribution in [0.15, 0.2) is 12.3 Å². The van der Waals surface area contributed by atoms with Gasteiger partial charge in [0.1, 0.15) is 0 Å². The van der Waals surface area contributed by atoms with Gasteiger partial charge in [-0.15, -0.1) is 0 Å². The molecule has 0 spiro atoms. The number of rotatable bonds is 4. The molecule has 2 heterocycles. The van der Waals surface area contributed by atoms with Gasteiger partial charge in [0, 0.05) is 55.0 Å². The number of fused-ring (bicyclic) bond motifs is 1. The van der Waals surface area contributed by atoms with Gasteiger partial charge in [0.15, 0.2) is 0 Å². The lowest BCUT2D eigenvalue weighted by Crippen LogP contribution is -2.49. The summed E-state index contributed by atoms with van der Waals surface area (Å²) in [7, 11) is 0. The summed E-state index contributed by atoms with van der Waals surface area (Å²) in [6, 6.07) is 3.03. The van der Waals surface area contributed by atoms with Crippen molar-refractivity contribution in [2.24, 2.45) is 0 Å². The first-order valence-corrected chi connectivity index (χ1v) is 8.79. The van der Waals surface area contributed by atoms with Crippen molar-refractivity contribution >= 4 is 11.8 Å². The normalized spacial score (nSPS) is 28.3. The quantitative estimate of drug-likeness (QED) is 0.845. The Hall–Kier alpha value is -0.480. The molecule has 0 unspecified atom stereocenters. The van der Waals surface area contributed by atoms with E-state index in [1.165, 1.54) is 50.2 Å². The van der Waals surface area contributed by atoms with E-state index < -0.39 is 0 Å². The zero-order chi connectivity index (χ0) is 13.1. The van der Waals surface area contributed by atoms with Gasteiger partial charge >= 0.3 is 0 Å².